The first-order valence-corrected chi connectivity index (χ1v) is 6.50. The molecule has 0 heterocycles. The number of halogens is 1. The number of benzene rings is 2. The third-order valence-corrected chi connectivity index (χ3v) is 2.89. The van der Waals surface area contributed by atoms with Crippen molar-refractivity contribution >= 4 is 28.9 Å². The molecule has 0 aliphatic heterocycles. The molecule has 2 aromatic rings. The molecule has 7 nitrogen and oxygen atoms in total. The molecule has 0 saturated carbocycles. The topological polar surface area (TPSA) is 101 Å². The van der Waals surface area contributed by atoms with Gasteiger partial charge in [0.2, 0.25) is 5.91 Å². The fraction of sp³-hybridized carbons (Fsp3) is 0.0667. The van der Waals surface area contributed by atoms with E-state index in [2.05, 4.69) is 10.6 Å². The van der Waals surface area contributed by atoms with E-state index in [-0.39, 0.29) is 28.5 Å². The van der Waals surface area contributed by atoms with Crippen molar-refractivity contribution < 1.29 is 18.9 Å². The minimum atomic E-state index is -0.805. The van der Waals surface area contributed by atoms with E-state index in [1.165, 1.54) is 19.1 Å². The average molecular weight is 317 g/mol. The second kappa shape index (κ2) is 6.65. The fourth-order valence-corrected chi connectivity index (χ4v) is 1.89. The summed E-state index contributed by atoms with van der Waals surface area (Å²) in [7, 11) is 0. The molecule has 23 heavy (non-hydrogen) atoms. The molecule has 0 atom stereocenters. The number of nitrogens with one attached hydrogen (secondary N) is 2. The van der Waals surface area contributed by atoms with Crippen LogP contribution in [0.15, 0.2) is 42.5 Å². The lowest BCUT2D eigenvalue weighted by Crippen LogP contribution is -2.17. The molecule has 0 aliphatic carbocycles. The summed E-state index contributed by atoms with van der Waals surface area (Å²) in [4.78, 5) is 33.4. The quantitative estimate of drug-likeness (QED) is 0.668. The van der Waals surface area contributed by atoms with Crippen LogP contribution >= 0.6 is 0 Å². The smallest absolute Gasteiger partial charge is 0.271 e. The van der Waals surface area contributed by atoms with Gasteiger partial charge in [-0.25, -0.2) is 4.39 Å². The molecule has 2 rings (SSSR count). The lowest BCUT2D eigenvalue weighted by Gasteiger charge is -2.10. The van der Waals surface area contributed by atoms with Crippen LogP contribution in [0.2, 0.25) is 0 Å². The summed E-state index contributed by atoms with van der Waals surface area (Å²) < 4.78 is 13.7. The summed E-state index contributed by atoms with van der Waals surface area (Å²) in [6.07, 6.45) is 0. The van der Waals surface area contributed by atoms with Crippen molar-refractivity contribution in [3.63, 3.8) is 0 Å². The van der Waals surface area contributed by atoms with Gasteiger partial charge in [-0.2, -0.15) is 0 Å². The van der Waals surface area contributed by atoms with E-state index in [1.54, 1.807) is 12.1 Å². The molecule has 0 spiro atoms. The van der Waals surface area contributed by atoms with Crippen molar-refractivity contribution in [2.45, 2.75) is 6.92 Å². The van der Waals surface area contributed by atoms with Crippen LogP contribution in [-0.4, -0.2) is 16.7 Å². The van der Waals surface area contributed by atoms with E-state index in [0.717, 1.165) is 18.2 Å². The van der Waals surface area contributed by atoms with Gasteiger partial charge in [0.05, 0.1) is 21.9 Å². The number of anilines is 2. The molecule has 0 saturated heterocycles. The predicted molar refractivity (Wildman–Crippen MR) is 81.8 cm³/mol. The summed E-state index contributed by atoms with van der Waals surface area (Å²) in [5, 5.41) is 15.5. The van der Waals surface area contributed by atoms with Crippen LogP contribution in [0, 0.1) is 15.9 Å². The highest BCUT2D eigenvalue weighted by molar-refractivity contribution is 6.10. The predicted octanol–water partition coefficient (Wildman–Crippen LogP) is 2.94. The number of para-hydroxylation sites is 1. The molecular weight excluding hydrogens is 305 g/mol. The second-order valence-corrected chi connectivity index (χ2v) is 4.60. The van der Waals surface area contributed by atoms with Crippen molar-refractivity contribution in [1.82, 2.24) is 0 Å². The Hall–Kier alpha value is -3.29. The van der Waals surface area contributed by atoms with Crippen LogP contribution in [0.5, 0.6) is 0 Å². The van der Waals surface area contributed by atoms with E-state index in [4.69, 9.17) is 0 Å². The van der Waals surface area contributed by atoms with Gasteiger partial charge in [0, 0.05) is 19.1 Å². The molecular formula is C15H12FN3O4. The van der Waals surface area contributed by atoms with Gasteiger partial charge in [-0.15, -0.1) is 0 Å². The van der Waals surface area contributed by atoms with E-state index >= 15 is 0 Å². The van der Waals surface area contributed by atoms with Gasteiger partial charge in [0.1, 0.15) is 5.82 Å². The fourth-order valence-electron chi connectivity index (χ4n) is 1.89. The summed E-state index contributed by atoms with van der Waals surface area (Å²) in [6.45, 7) is 1.29. The van der Waals surface area contributed by atoms with Crippen LogP contribution in [-0.2, 0) is 4.79 Å². The summed E-state index contributed by atoms with van der Waals surface area (Å²) in [5.74, 6) is -1.87. The molecule has 0 radical (unpaired) electrons. The van der Waals surface area contributed by atoms with Crippen LogP contribution in [0.1, 0.15) is 17.3 Å². The first-order valence-electron chi connectivity index (χ1n) is 6.50. The first kappa shape index (κ1) is 16.1. The van der Waals surface area contributed by atoms with Crippen molar-refractivity contribution in [3.8, 4) is 0 Å². The van der Waals surface area contributed by atoms with E-state index in [9.17, 15) is 24.1 Å². The van der Waals surface area contributed by atoms with Gasteiger partial charge in [-0.05, 0) is 18.2 Å². The van der Waals surface area contributed by atoms with E-state index in [1.807, 2.05) is 0 Å². The number of nitrogens with zero attached hydrogens (tertiary/aromatic N) is 1. The Morgan fingerprint density at radius 1 is 1.09 bits per heavy atom. The standard InChI is InChI=1S/C15H12FN3O4/c1-9(20)17-13-5-3-2-4-11(13)15(21)18-14-8-10(19(22)23)6-7-12(14)16/h2-8H,1H3,(H,17,20)(H,18,21). The Balaban J connectivity index is 2.31. The third-order valence-electron chi connectivity index (χ3n) is 2.89. The van der Waals surface area contributed by atoms with Gasteiger partial charge in [0.15, 0.2) is 0 Å². The Labute approximate surface area is 130 Å². The zero-order valence-corrected chi connectivity index (χ0v) is 12.0. The molecule has 0 fully saturated rings. The third kappa shape index (κ3) is 3.88. The second-order valence-electron chi connectivity index (χ2n) is 4.60. The Kier molecular flexibility index (Phi) is 4.65. The van der Waals surface area contributed by atoms with Crippen LogP contribution in [0.25, 0.3) is 0 Å². The Morgan fingerprint density at radius 2 is 1.78 bits per heavy atom. The monoisotopic (exact) mass is 317 g/mol. The zero-order valence-electron chi connectivity index (χ0n) is 12.0. The molecule has 0 aromatic heterocycles. The number of amides is 2. The minimum absolute atomic E-state index is 0.105. The highest BCUT2D eigenvalue weighted by Crippen LogP contribution is 2.23. The molecule has 0 unspecified atom stereocenters. The number of nitro groups is 1. The number of nitro benzene ring substituents is 1. The molecule has 118 valence electrons. The van der Waals surface area contributed by atoms with Gasteiger partial charge in [-0.1, -0.05) is 12.1 Å². The van der Waals surface area contributed by atoms with E-state index in [0.29, 0.717) is 0 Å². The highest BCUT2D eigenvalue weighted by atomic mass is 19.1. The highest BCUT2D eigenvalue weighted by Gasteiger charge is 2.16. The van der Waals surface area contributed by atoms with Crippen LogP contribution in [0.3, 0.4) is 0 Å². The summed E-state index contributed by atoms with van der Waals surface area (Å²) in [5.41, 5.74) is -0.310. The van der Waals surface area contributed by atoms with Crippen LogP contribution in [0.4, 0.5) is 21.5 Å². The molecule has 2 amide bonds. The zero-order chi connectivity index (χ0) is 17.0. The van der Waals surface area contributed by atoms with Crippen molar-refractivity contribution in [3.05, 3.63) is 64.0 Å². The number of carbonyl (C=O) groups is 2. The molecule has 2 N–H and O–H groups in total. The lowest BCUT2D eigenvalue weighted by molar-refractivity contribution is -0.384. The van der Waals surface area contributed by atoms with Crippen molar-refractivity contribution in [2.75, 3.05) is 10.6 Å². The first-order chi connectivity index (χ1) is 10.9. The summed E-state index contributed by atoms with van der Waals surface area (Å²) in [6, 6.07) is 8.97. The maximum Gasteiger partial charge on any atom is 0.271 e. The van der Waals surface area contributed by atoms with Gasteiger partial charge >= 0.3 is 0 Å². The van der Waals surface area contributed by atoms with Gasteiger partial charge in [-0.3, -0.25) is 19.7 Å². The number of carbonyl (C=O) groups excluding carboxylic acids is 2. The lowest BCUT2D eigenvalue weighted by atomic mass is 10.1. The number of non-ortho nitro benzene ring substituents is 1. The largest absolute Gasteiger partial charge is 0.326 e. The average Bonchev–Trinajstić information content (AvgIpc) is 2.49. The normalized spacial score (nSPS) is 10.0. The molecule has 0 aliphatic rings. The number of rotatable bonds is 4. The molecule has 0 bridgehead atoms. The van der Waals surface area contributed by atoms with Crippen molar-refractivity contribution in [2.24, 2.45) is 0 Å². The maximum absolute atomic E-state index is 13.7. The van der Waals surface area contributed by atoms with Crippen LogP contribution < -0.4 is 10.6 Å². The Bertz CT molecular complexity index is 792. The van der Waals surface area contributed by atoms with Gasteiger partial charge < -0.3 is 10.6 Å². The molecule has 2 aromatic carbocycles. The number of hydrogen-bond acceptors (Lipinski definition) is 4. The number of hydrogen-bond donors (Lipinski definition) is 2. The maximum atomic E-state index is 13.7. The summed E-state index contributed by atoms with van der Waals surface area (Å²) >= 11 is 0. The van der Waals surface area contributed by atoms with Gasteiger partial charge in [0.25, 0.3) is 11.6 Å². The van der Waals surface area contributed by atoms with Crippen molar-refractivity contribution in [1.29, 1.82) is 0 Å². The van der Waals surface area contributed by atoms with E-state index < -0.39 is 16.6 Å². The minimum Gasteiger partial charge on any atom is -0.326 e. The Morgan fingerprint density at radius 3 is 2.43 bits per heavy atom. The molecule has 8 heteroatoms. The SMILES string of the molecule is CC(=O)Nc1ccccc1C(=O)Nc1cc([N+](=O)[O-])ccc1F.